The first-order valence-electron chi connectivity index (χ1n) is 8.81. The molecule has 6 heteroatoms. The predicted molar refractivity (Wildman–Crippen MR) is 94.1 cm³/mol. The fraction of sp³-hybridized carbons (Fsp3) is 0.421. The minimum absolute atomic E-state index is 0.0750. The molecule has 4 rings (SSSR count). The summed E-state index contributed by atoms with van der Waals surface area (Å²) in [5.41, 5.74) is 2.09. The van der Waals surface area contributed by atoms with Gasteiger partial charge < -0.3 is 14.4 Å². The highest BCUT2D eigenvalue weighted by Gasteiger charge is 2.33. The third-order valence-corrected chi connectivity index (χ3v) is 4.84. The zero-order valence-corrected chi connectivity index (χ0v) is 14.5. The summed E-state index contributed by atoms with van der Waals surface area (Å²) in [5, 5.41) is 5.22. The Kier molecular flexibility index (Phi) is 4.03. The summed E-state index contributed by atoms with van der Waals surface area (Å²) < 4.78 is 5.33. The number of H-pyrrole nitrogens is 1. The summed E-state index contributed by atoms with van der Waals surface area (Å²) in [7, 11) is 0. The zero-order valence-electron chi connectivity index (χ0n) is 14.5. The lowest BCUT2D eigenvalue weighted by Crippen LogP contribution is -2.32. The van der Waals surface area contributed by atoms with Gasteiger partial charge in [0, 0.05) is 29.6 Å². The van der Waals surface area contributed by atoms with Crippen molar-refractivity contribution in [2.45, 2.75) is 45.1 Å². The van der Waals surface area contributed by atoms with Gasteiger partial charge in [0.2, 0.25) is 11.8 Å². The number of fused-ring (bicyclic) bond motifs is 1. The summed E-state index contributed by atoms with van der Waals surface area (Å²) in [6.07, 6.45) is 4.17. The zero-order chi connectivity index (χ0) is 17.4. The average molecular weight is 338 g/mol. The molecule has 0 bridgehead atoms. The molecule has 0 radical (unpaired) electrons. The van der Waals surface area contributed by atoms with Crippen LogP contribution in [0.25, 0.3) is 10.9 Å². The van der Waals surface area contributed by atoms with E-state index in [1.807, 2.05) is 49.2 Å². The van der Waals surface area contributed by atoms with Gasteiger partial charge in [0.05, 0.1) is 12.5 Å². The summed E-state index contributed by atoms with van der Waals surface area (Å²) in [6, 6.07) is 7.98. The Morgan fingerprint density at radius 3 is 3.04 bits per heavy atom. The molecule has 0 aliphatic carbocycles. The number of hydrogen-bond donors (Lipinski definition) is 1. The van der Waals surface area contributed by atoms with Crippen molar-refractivity contribution in [2.75, 3.05) is 6.54 Å². The Balaban J connectivity index is 1.54. The number of hydrogen-bond acceptors (Lipinski definition) is 4. The number of aromatic amines is 1. The number of nitrogens with one attached hydrogen (secondary N) is 1. The number of benzene rings is 1. The topological polar surface area (TPSA) is 75.0 Å². The van der Waals surface area contributed by atoms with Crippen LogP contribution in [-0.4, -0.2) is 32.5 Å². The summed E-state index contributed by atoms with van der Waals surface area (Å²) in [4.78, 5) is 22.5. The molecule has 1 N–H and O–H groups in total. The first-order chi connectivity index (χ1) is 12.1. The van der Waals surface area contributed by atoms with Gasteiger partial charge in [-0.15, -0.1) is 0 Å². The van der Waals surface area contributed by atoms with Gasteiger partial charge in [0.1, 0.15) is 0 Å². The van der Waals surface area contributed by atoms with Crippen LogP contribution in [0.4, 0.5) is 0 Å². The van der Waals surface area contributed by atoms with Crippen LogP contribution in [0.15, 0.2) is 35.0 Å². The number of aromatic nitrogens is 3. The molecular formula is C19H22N4O2. The molecule has 1 saturated heterocycles. The van der Waals surface area contributed by atoms with Crippen molar-refractivity contribution in [3.8, 4) is 0 Å². The standard InChI is InChI=1S/C19H22N4O2/c1-12(2)19-21-18(22-25-19)16-8-5-9-23(16)17(24)10-13-11-20-15-7-4-3-6-14(13)15/h3-4,6-7,11-12,16,20H,5,8-10H2,1-2H3/t16-/m1/s1. The van der Waals surface area contributed by atoms with Crippen LogP contribution < -0.4 is 0 Å². The number of carbonyl (C=O) groups is 1. The van der Waals surface area contributed by atoms with Gasteiger partial charge in [-0.2, -0.15) is 4.98 Å². The third-order valence-electron chi connectivity index (χ3n) is 4.84. The van der Waals surface area contributed by atoms with E-state index in [-0.39, 0.29) is 17.9 Å². The van der Waals surface area contributed by atoms with E-state index >= 15 is 0 Å². The number of likely N-dealkylation sites (tertiary alicyclic amines) is 1. The van der Waals surface area contributed by atoms with Gasteiger partial charge in [-0.05, 0) is 24.5 Å². The highest BCUT2D eigenvalue weighted by Crippen LogP contribution is 2.32. The fourth-order valence-electron chi connectivity index (χ4n) is 3.49. The molecule has 0 spiro atoms. The van der Waals surface area contributed by atoms with E-state index in [0.717, 1.165) is 35.9 Å². The highest BCUT2D eigenvalue weighted by molar-refractivity contribution is 5.89. The molecule has 3 aromatic rings. The summed E-state index contributed by atoms with van der Waals surface area (Å²) >= 11 is 0. The lowest BCUT2D eigenvalue weighted by Gasteiger charge is -2.22. The maximum Gasteiger partial charge on any atom is 0.229 e. The maximum atomic E-state index is 12.9. The Labute approximate surface area is 146 Å². The molecule has 25 heavy (non-hydrogen) atoms. The average Bonchev–Trinajstić information content (AvgIpc) is 3.34. The Hall–Kier alpha value is -2.63. The third kappa shape index (κ3) is 2.92. The molecular weight excluding hydrogens is 316 g/mol. The predicted octanol–water partition coefficient (Wildman–Crippen LogP) is 3.58. The van der Waals surface area contributed by atoms with Crippen molar-refractivity contribution >= 4 is 16.8 Å². The molecule has 6 nitrogen and oxygen atoms in total. The van der Waals surface area contributed by atoms with Gasteiger partial charge in [-0.1, -0.05) is 37.2 Å². The molecule has 1 aromatic carbocycles. The first-order valence-corrected chi connectivity index (χ1v) is 8.81. The summed E-state index contributed by atoms with van der Waals surface area (Å²) in [6.45, 7) is 4.79. The quantitative estimate of drug-likeness (QED) is 0.789. The second-order valence-corrected chi connectivity index (χ2v) is 6.93. The lowest BCUT2D eigenvalue weighted by molar-refractivity contribution is -0.131. The Morgan fingerprint density at radius 1 is 1.40 bits per heavy atom. The van der Waals surface area contributed by atoms with E-state index in [2.05, 4.69) is 15.1 Å². The molecule has 1 aliphatic heterocycles. The van der Waals surface area contributed by atoms with Gasteiger partial charge in [-0.25, -0.2) is 0 Å². The normalized spacial score (nSPS) is 17.7. The van der Waals surface area contributed by atoms with Crippen molar-refractivity contribution in [2.24, 2.45) is 0 Å². The second kappa shape index (κ2) is 6.35. The Morgan fingerprint density at radius 2 is 2.24 bits per heavy atom. The lowest BCUT2D eigenvalue weighted by atomic mass is 10.1. The van der Waals surface area contributed by atoms with Gasteiger partial charge >= 0.3 is 0 Å². The number of amides is 1. The maximum absolute atomic E-state index is 12.9. The van der Waals surface area contributed by atoms with E-state index in [1.165, 1.54) is 0 Å². The van der Waals surface area contributed by atoms with Crippen LogP contribution >= 0.6 is 0 Å². The van der Waals surface area contributed by atoms with Crippen LogP contribution in [0.5, 0.6) is 0 Å². The van der Waals surface area contributed by atoms with Crippen LogP contribution in [0.2, 0.25) is 0 Å². The van der Waals surface area contributed by atoms with E-state index in [9.17, 15) is 4.79 Å². The number of rotatable bonds is 4. The van der Waals surface area contributed by atoms with E-state index in [1.54, 1.807) is 0 Å². The molecule has 3 heterocycles. The van der Waals surface area contributed by atoms with Gasteiger partial charge in [0.25, 0.3) is 0 Å². The van der Waals surface area contributed by atoms with Crippen molar-refractivity contribution in [1.82, 2.24) is 20.0 Å². The van der Waals surface area contributed by atoms with Gasteiger partial charge in [0.15, 0.2) is 5.82 Å². The molecule has 1 fully saturated rings. The van der Waals surface area contributed by atoms with E-state index < -0.39 is 0 Å². The number of nitrogens with zero attached hydrogens (tertiary/aromatic N) is 3. The molecule has 1 amide bonds. The monoisotopic (exact) mass is 338 g/mol. The van der Waals surface area contributed by atoms with Crippen LogP contribution in [0, 0.1) is 0 Å². The van der Waals surface area contributed by atoms with Crippen molar-refractivity contribution < 1.29 is 9.32 Å². The molecule has 130 valence electrons. The fourth-order valence-corrected chi connectivity index (χ4v) is 3.49. The minimum Gasteiger partial charge on any atom is -0.361 e. The largest absolute Gasteiger partial charge is 0.361 e. The minimum atomic E-state index is -0.0750. The smallest absolute Gasteiger partial charge is 0.229 e. The second-order valence-electron chi connectivity index (χ2n) is 6.93. The molecule has 2 aromatic heterocycles. The molecule has 1 aliphatic rings. The van der Waals surface area contributed by atoms with Crippen LogP contribution in [0.1, 0.15) is 55.9 Å². The molecule has 0 unspecified atom stereocenters. The SMILES string of the molecule is CC(C)c1nc([C@H]2CCCN2C(=O)Cc2c[nH]c3ccccc23)no1. The number of carbonyl (C=O) groups excluding carboxylic acids is 1. The highest BCUT2D eigenvalue weighted by atomic mass is 16.5. The molecule has 1 atom stereocenters. The van der Waals surface area contributed by atoms with Gasteiger partial charge in [-0.3, -0.25) is 4.79 Å². The van der Waals surface area contributed by atoms with E-state index in [0.29, 0.717) is 18.1 Å². The van der Waals surface area contributed by atoms with Crippen molar-refractivity contribution in [3.05, 3.63) is 47.7 Å². The van der Waals surface area contributed by atoms with Crippen molar-refractivity contribution in [1.29, 1.82) is 0 Å². The number of para-hydroxylation sites is 1. The van der Waals surface area contributed by atoms with Crippen LogP contribution in [-0.2, 0) is 11.2 Å². The Bertz CT molecular complexity index is 896. The van der Waals surface area contributed by atoms with E-state index in [4.69, 9.17) is 4.52 Å². The summed E-state index contributed by atoms with van der Waals surface area (Å²) in [5.74, 6) is 1.57. The first kappa shape index (κ1) is 15.9. The van der Waals surface area contributed by atoms with Crippen LogP contribution in [0.3, 0.4) is 0 Å². The van der Waals surface area contributed by atoms with Crippen molar-refractivity contribution in [3.63, 3.8) is 0 Å². The molecule has 0 saturated carbocycles.